The van der Waals surface area contributed by atoms with Gasteiger partial charge in [-0.25, -0.2) is 4.98 Å². The van der Waals surface area contributed by atoms with Crippen LogP contribution in [-0.2, 0) is 7.05 Å². The highest BCUT2D eigenvalue weighted by Gasteiger charge is 2.17. The number of hydrogen-bond acceptors (Lipinski definition) is 3. The summed E-state index contributed by atoms with van der Waals surface area (Å²) in [5.74, 6) is 0.164. The molecule has 0 fully saturated rings. The number of phenols is 1. The highest BCUT2D eigenvalue weighted by molar-refractivity contribution is 6.21. The van der Waals surface area contributed by atoms with Crippen molar-refractivity contribution in [2.45, 2.75) is 0 Å². The zero-order chi connectivity index (χ0) is 16.4. The van der Waals surface area contributed by atoms with E-state index in [-0.39, 0.29) is 23.6 Å². The lowest BCUT2D eigenvalue weighted by Gasteiger charge is -2.06. The van der Waals surface area contributed by atoms with E-state index in [2.05, 4.69) is 4.98 Å². The average molecular weight is 352 g/mol. The summed E-state index contributed by atoms with van der Waals surface area (Å²) >= 11 is 0. The van der Waals surface area contributed by atoms with Gasteiger partial charge >= 0.3 is 0 Å². The largest absolute Gasteiger partial charge is 0.506 e. The second-order valence-corrected chi connectivity index (χ2v) is 6.01. The van der Waals surface area contributed by atoms with Gasteiger partial charge in [-0.05, 0) is 24.3 Å². The first-order chi connectivity index (χ1) is 11.6. The molecule has 25 heavy (non-hydrogen) atoms. The van der Waals surface area contributed by atoms with Gasteiger partial charge < -0.3 is 14.7 Å². The molecule has 0 saturated heterocycles. The molecule has 0 spiro atoms. The third kappa shape index (κ3) is 2.03. The van der Waals surface area contributed by atoms with Crippen LogP contribution >= 0.6 is 12.4 Å². The van der Waals surface area contributed by atoms with Gasteiger partial charge in [0.05, 0.1) is 33.1 Å². The zero-order valence-corrected chi connectivity index (χ0v) is 14.1. The Bertz CT molecular complexity index is 1350. The molecule has 0 bridgehead atoms. The fourth-order valence-corrected chi connectivity index (χ4v) is 3.52. The summed E-state index contributed by atoms with van der Waals surface area (Å²) in [5, 5.41) is 12.3. The number of phenolic OH excluding ortho intramolecular Hbond substituents is 1. The van der Waals surface area contributed by atoms with Crippen molar-refractivity contribution in [2.75, 3.05) is 0 Å². The van der Waals surface area contributed by atoms with Gasteiger partial charge in [0.25, 0.3) is 0 Å². The summed E-state index contributed by atoms with van der Waals surface area (Å²) < 4.78 is 1.84. The molecule has 5 nitrogen and oxygen atoms in total. The molecular formula is C19H14ClN3O2. The molecule has 0 saturated carbocycles. The molecule has 124 valence electrons. The number of nitrogens with zero attached hydrogens (tertiary/aromatic N) is 2. The van der Waals surface area contributed by atoms with Crippen molar-refractivity contribution in [1.82, 2.24) is 14.5 Å². The van der Waals surface area contributed by atoms with E-state index in [1.54, 1.807) is 24.3 Å². The van der Waals surface area contributed by atoms with Crippen molar-refractivity contribution >= 4 is 56.3 Å². The lowest BCUT2D eigenvalue weighted by Crippen LogP contribution is -1.96. The molecule has 0 atom stereocenters. The molecule has 2 heterocycles. The van der Waals surface area contributed by atoms with E-state index in [0.717, 1.165) is 38.4 Å². The van der Waals surface area contributed by atoms with Gasteiger partial charge in [0.2, 0.25) is 0 Å². The Morgan fingerprint density at radius 2 is 1.88 bits per heavy atom. The minimum absolute atomic E-state index is 0. The fraction of sp³-hybridized carbons (Fsp3) is 0.0526. The molecule has 3 aromatic carbocycles. The van der Waals surface area contributed by atoms with E-state index in [4.69, 9.17) is 4.98 Å². The second-order valence-electron chi connectivity index (χ2n) is 6.01. The number of aromatic amines is 1. The van der Waals surface area contributed by atoms with Crippen molar-refractivity contribution in [3.63, 3.8) is 0 Å². The highest BCUT2D eigenvalue weighted by Crippen LogP contribution is 2.38. The van der Waals surface area contributed by atoms with E-state index in [0.29, 0.717) is 5.52 Å². The number of aryl methyl sites for hydroxylation is 1. The van der Waals surface area contributed by atoms with Gasteiger partial charge in [-0.1, -0.05) is 12.1 Å². The van der Waals surface area contributed by atoms with Crippen molar-refractivity contribution in [3.05, 3.63) is 58.8 Å². The van der Waals surface area contributed by atoms with E-state index in [9.17, 15) is 9.90 Å². The number of rotatable bonds is 0. The maximum absolute atomic E-state index is 11.7. The van der Waals surface area contributed by atoms with Crippen LogP contribution < -0.4 is 5.43 Å². The lowest BCUT2D eigenvalue weighted by molar-refractivity contribution is 0.479. The number of aromatic hydroxyl groups is 1. The van der Waals surface area contributed by atoms with Gasteiger partial charge in [0.1, 0.15) is 5.75 Å². The molecule has 0 radical (unpaired) electrons. The minimum Gasteiger partial charge on any atom is -0.506 e. The van der Waals surface area contributed by atoms with Gasteiger partial charge in [0.15, 0.2) is 5.43 Å². The molecular weight excluding hydrogens is 338 g/mol. The quantitative estimate of drug-likeness (QED) is 0.416. The third-order valence-corrected chi connectivity index (χ3v) is 4.59. The topological polar surface area (TPSA) is 70.9 Å². The monoisotopic (exact) mass is 351 g/mol. The highest BCUT2D eigenvalue weighted by atomic mass is 35.5. The smallest absolute Gasteiger partial charge is 0.180 e. The van der Waals surface area contributed by atoms with E-state index in [1.807, 2.05) is 35.9 Å². The average Bonchev–Trinajstić information content (AvgIpc) is 2.87. The van der Waals surface area contributed by atoms with Crippen molar-refractivity contribution < 1.29 is 5.11 Å². The summed E-state index contributed by atoms with van der Waals surface area (Å²) in [6.07, 6.45) is 0. The van der Waals surface area contributed by atoms with Gasteiger partial charge in [-0.2, -0.15) is 0 Å². The molecule has 0 aliphatic heterocycles. The van der Waals surface area contributed by atoms with E-state index >= 15 is 0 Å². The van der Waals surface area contributed by atoms with Gasteiger partial charge in [-0.3, -0.25) is 4.79 Å². The van der Waals surface area contributed by atoms with Gasteiger partial charge in [0, 0.05) is 30.0 Å². The maximum Gasteiger partial charge on any atom is 0.180 e. The number of fused-ring (bicyclic) bond motifs is 6. The van der Waals surface area contributed by atoms with Crippen LogP contribution in [-0.4, -0.2) is 19.6 Å². The third-order valence-electron chi connectivity index (χ3n) is 4.59. The Balaban J connectivity index is 0.00000157. The number of benzene rings is 3. The van der Waals surface area contributed by atoms with Crippen LogP contribution in [0.2, 0.25) is 0 Å². The molecule has 2 aromatic heterocycles. The first-order valence-corrected chi connectivity index (χ1v) is 7.66. The number of aromatic nitrogens is 3. The molecule has 0 amide bonds. The van der Waals surface area contributed by atoms with Crippen molar-refractivity contribution in [1.29, 1.82) is 0 Å². The Morgan fingerprint density at radius 3 is 2.72 bits per heavy atom. The number of halogens is 1. The summed E-state index contributed by atoms with van der Waals surface area (Å²) in [7, 11) is 1.85. The zero-order valence-electron chi connectivity index (χ0n) is 13.3. The van der Waals surface area contributed by atoms with Crippen LogP contribution in [0.1, 0.15) is 0 Å². The van der Waals surface area contributed by atoms with Crippen LogP contribution in [0.25, 0.3) is 43.9 Å². The van der Waals surface area contributed by atoms with Crippen LogP contribution in [0.3, 0.4) is 0 Å². The number of H-pyrrole nitrogens is 1. The SMILES string of the molecule is Cl.Cn1c2cc(=O)ccc2c2c3nc4ccccc4[nH]c3cc(O)c21. The Labute approximate surface area is 147 Å². The summed E-state index contributed by atoms with van der Waals surface area (Å²) in [6.45, 7) is 0. The summed E-state index contributed by atoms with van der Waals surface area (Å²) in [4.78, 5) is 19.9. The Morgan fingerprint density at radius 1 is 1.08 bits per heavy atom. The van der Waals surface area contributed by atoms with Crippen LogP contribution in [0.4, 0.5) is 0 Å². The van der Waals surface area contributed by atoms with Gasteiger partial charge in [-0.15, -0.1) is 12.4 Å². The maximum atomic E-state index is 11.7. The fourth-order valence-electron chi connectivity index (χ4n) is 3.52. The van der Waals surface area contributed by atoms with Crippen LogP contribution in [0, 0.1) is 0 Å². The second kappa shape index (κ2) is 5.22. The Kier molecular flexibility index (Phi) is 3.23. The number of hydrogen-bond donors (Lipinski definition) is 2. The van der Waals surface area contributed by atoms with E-state index < -0.39 is 0 Å². The molecule has 2 N–H and O–H groups in total. The minimum atomic E-state index is -0.0535. The molecule has 5 aromatic rings. The van der Waals surface area contributed by atoms with E-state index in [1.165, 1.54) is 0 Å². The normalized spacial score (nSPS) is 11.4. The lowest BCUT2D eigenvalue weighted by atomic mass is 10.1. The first-order valence-electron chi connectivity index (χ1n) is 7.66. The predicted molar refractivity (Wildman–Crippen MR) is 103 cm³/mol. The summed E-state index contributed by atoms with van der Waals surface area (Å²) in [5.41, 5.74) is 4.72. The molecule has 0 aliphatic carbocycles. The number of nitrogens with one attached hydrogen (secondary N) is 1. The number of para-hydroxylation sites is 2. The van der Waals surface area contributed by atoms with Crippen LogP contribution in [0.5, 0.6) is 5.75 Å². The molecule has 0 aliphatic rings. The van der Waals surface area contributed by atoms with Crippen molar-refractivity contribution in [3.8, 4) is 5.75 Å². The van der Waals surface area contributed by atoms with Crippen LogP contribution in [0.15, 0.2) is 53.3 Å². The molecule has 6 heteroatoms. The summed E-state index contributed by atoms with van der Waals surface area (Å²) in [6, 6.07) is 14.4. The Hall–Kier alpha value is -3.05. The standard InChI is InChI=1S/C19H13N3O2.ClH/c1-22-15-8-10(23)6-7-11(15)17-18-14(9-16(24)19(17)22)20-12-4-2-3-5-13(12)21-18;/h2-9,20,24H,1H3;1H. The predicted octanol–water partition coefficient (Wildman–Crippen LogP) is 3.85. The van der Waals surface area contributed by atoms with Crippen molar-refractivity contribution in [2.24, 2.45) is 7.05 Å². The first kappa shape index (κ1) is 15.5. The molecule has 0 unspecified atom stereocenters. The molecule has 5 rings (SSSR count).